The first-order chi connectivity index (χ1) is 10.1. The first-order valence-corrected chi connectivity index (χ1v) is 8.80. The standard InChI is InChI=1S/C16H20N2O2S/c17-11-14-6-3-7-16(14)18-21(19,20)15-9-8-12-4-1-2-5-13(12)10-15/h1-2,4-5,8-10,14,16,18H,3,6-7,11,17H2. The van der Waals surface area contributed by atoms with Gasteiger partial charge in [0.05, 0.1) is 4.90 Å². The van der Waals surface area contributed by atoms with E-state index in [1.807, 2.05) is 30.3 Å². The van der Waals surface area contributed by atoms with E-state index in [1.54, 1.807) is 12.1 Å². The van der Waals surface area contributed by atoms with Gasteiger partial charge in [-0.25, -0.2) is 13.1 Å². The molecule has 0 radical (unpaired) electrons. The summed E-state index contributed by atoms with van der Waals surface area (Å²) >= 11 is 0. The van der Waals surface area contributed by atoms with Crippen molar-refractivity contribution in [1.82, 2.24) is 4.72 Å². The smallest absolute Gasteiger partial charge is 0.240 e. The quantitative estimate of drug-likeness (QED) is 0.910. The number of hydrogen-bond acceptors (Lipinski definition) is 3. The lowest BCUT2D eigenvalue weighted by Gasteiger charge is -2.19. The highest BCUT2D eigenvalue weighted by atomic mass is 32.2. The second-order valence-electron chi connectivity index (χ2n) is 5.66. The van der Waals surface area contributed by atoms with Gasteiger partial charge in [-0.05, 0) is 48.2 Å². The van der Waals surface area contributed by atoms with Crippen molar-refractivity contribution in [2.24, 2.45) is 11.7 Å². The summed E-state index contributed by atoms with van der Waals surface area (Å²) in [5.74, 6) is 0.250. The summed E-state index contributed by atoms with van der Waals surface area (Å²) in [6, 6.07) is 13.0. The van der Waals surface area contributed by atoms with Crippen LogP contribution in [0, 0.1) is 5.92 Å². The Morgan fingerprint density at radius 1 is 1.10 bits per heavy atom. The molecule has 3 rings (SSSR count). The second-order valence-corrected chi connectivity index (χ2v) is 7.38. The van der Waals surface area contributed by atoms with E-state index in [4.69, 9.17) is 5.73 Å². The summed E-state index contributed by atoms with van der Waals surface area (Å²) in [5, 5.41) is 1.97. The van der Waals surface area contributed by atoms with Gasteiger partial charge in [0.25, 0.3) is 0 Å². The van der Waals surface area contributed by atoms with Crippen LogP contribution >= 0.6 is 0 Å². The molecule has 4 nitrogen and oxygen atoms in total. The van der Waals surface area contributed by atoms with Gasteiger partial charge in [0.2, 0.25) is 10.0 Å². The van der Waals surface area contributed by atoms with Crippen LogP contribution in [0.2, 0.25) is 0 Å². The van der Waals surface area contributed by atoms with Crippen molar-refractivity contribution in [2.75, 3.05) is 6.54 Å². The van der Waals surface area contributed by atoms with E-state index in [0.717, 1.165) is 30.0 Å². The molecule has 2 atom stereocenters. The van der Waals surface area contributed by atoms with Crippen LogP contribution in [0.25, 0.3) is 10.8 Å². The number of rotatable bonds is 4. The molecule has 0 heterocycles. The van der Waals surface area contributed by atoms with Crippen LogP contribution in [0.15, 0.2) is 47.4 Å². The number of fused-ring (bicyclic) bond motifs is 1. The third kappa shape index (κ3) is 2.95. The fourth-order valence-electron chi connectivity index (χ4n) is 3.08. The molecule has 0 aromatic heterocycles. The molecule has 1 fully saturated rings. The monoisotopic (exact) mass is 304 g/mol. The highest BCUT2D eigenvalue weighted by Crippen LogP contribution is 2.27. The maximum absolute atomic E-state index is 12.5. The first-order valence-electron chi connectivity index (χ1n) is 7.31. The molecule has 1 saturated carbocycles. The number of hydrogen-bond donors (Lipinski definition) is 2. The summed E-state index contributed by atoms with van der Waals surface area (Å²) in [6.07, 6.45) is 2.91. The lowest BCUT2D eigenvalue weighted by atomic mass is 10.1. The topological polar surface area (TPSA) is 72.2 Å². The van der Waals surface area contributed by atoms with Crippen LogP contribution in [0.3, 0.4) is 0 Å². The predicted octanol–water partition coefficient (Wildman–Crippen LogP) is 2.25. The van der Waals surface area contributed by atoms with Crippen LogP contribution < -0.4 is 10.5 Å². The molecule has 0 amide bonds. The molecule has 2 aromatic rings. The number of nitrogens with one attached hydrogen (secondary N) is 1. The molecule has 0 spiro atoms. The van der Waals surface area contributed by atoms with Crippen molar-refractivity contribution >= 4 is 20.8 Å². The number of benzene rings is 2. The normalized spacial score (nSPS) is 22.7. The molecule has 1 aliphatic rings. The van der Waals surface area contributed by atoms with E-state index in [-0.39, 0.29) is 12.0 Å². The van der Waals surface area contributed by atoms with E-state index in [9.17, 15) is 8.42 Å². The minimum absolute atomic E-state index is 0.0357. The minimum atomic E-state index is -3.48. The second kappa shape index (κ2) is 5.75. The van der Waals surface area contributed by atoms with E-state index in [0.29, 0.717) is 11.4 Å². The zero-order valence-corrected chi connectivity index (χ0v) is 12.6. The lowest BCUT2D eigenvalue weighted by Crippen LogP contribution is -2.39. The molecule has 5 heteroatoms. The molecule has 1 aliphatic carbocycles. The molecule has 0 aliphatic heterocycles. The van der Waals surface area contributed by atoms with Crippen molar-refractivity contribution in [1.29, 1.82) is 0 Å². The predicted molar refractivity (Wildman–Crippen MR) is 84.5 cm³/mol. The van der Waals surface area contributed by atoms with Gasteiger partial charge in [-0.2, -0.15) is 0 Å². The van der Waals surface area contributed by atoms with Crippen LogP contribution in [0.5, 0.6) is 0 Å². The molecule has 2 aromatic carbocycles. The third-order valence-corrected chi connectivity index (χ3v) is 5.79. The maximum Gasteiger partial charge on any atom is 0.240 e. The Kier molecular flexibility index (Phi) is 3.97. The fourth-order valence-corrected chi connectivity index (χ4v) is 4.45. The Morgan fingerprint density at radius 2 is 1.86 bits per heavy atom. The van der Waals surface area contributed by atoms with Crippen molar-refractivity contribution in [2.45, 2.75) is 30.2 Å². The minimum Gasteiger partial charge on any atom is -0.330 e. The zero-order chi connectivity index (χ0) is 14.9. The molecular formula is C16H20N2O2S. The number of sulfonamides is 1. The zero-order valence-electron chi connectivity index (χ0n) is 11.8. The average molecular weight is 304 g/mol. The number of nitrogens with two attached hydrogens (primary N) is 1. The molecule has 0 bridgehead atoms. The van der Waals surface area contributed by atoms with Gasteiger partial charge < -0.3 is 5.73 Å². The summed E-state index contributed by atoms with van der Waals surface area (Å²) in [5.41, 5.74) is 5.72. The van der Waals surface area contributed by atoms with Crippen LogP contribution in [0.1, 0.15) is 19.3 Å². The maximum atomic E-state index is 12.5. The van der Waals surface area contributed by atoms with E-state index < -0.39 is 10.0 Å². The van der Waals surface area contributed by atoms with Crippen LogP contribution in [-0.4, -0.2) is 21.0 Å². The highest BCUT2D eigenvalue weighted by Gasteiger charge is 2.30. The Labute approximate surface area is 125 Å². The average Bonchev–Trinajstić information content (AvgIpc) is 2.93. The van der Waals surface area contributed by atoms with Gasteiger partial charge in [0.1, 0.15) is 0 Å². The molecular weight excluding hydrogens is 284 g/mol. The molecule has 112 valence electrons. The van der Waals surface area contributed by atoms with Gasteiger partial charge in [-0.3, -0.25) is 0 Å². The summed E-state index contributed by atoms with van der Waals surface area (Å²) in [7, 11) is -3.48. The SMILES string of the molecule is NCC1CCCC1NS(=O)(=O)c1ccc2ccccc2c1. The van der Waals surface area contributed by atoms with E-state index >= 15 is 0 Å². The Hall–Kier alpha value is -1.43. The Morgan fingerprint density at radius 3 is 2.62 bits per heavy atom. The van der Waals surface area contributed by atoms with Gasteiger partial charge >= 0.3 is 0 Å². The van der Waals surface area contributed by atoms with Crippen molar-refractivity contribution in [3.05, 3.63) is 42.5 Å². The largest absolute Gasteiger partial charge is 0.330 e. The van der Waals surface area contributed by atoms with Gasteiger partial charge in [0.15, 0.2) is 0 Å². The third-order valence-electron chi connectivity index (χ3n) is 4.30. The fraction of sp³-hybridized carbons (Fsp3) is 0.375. The highest BCUT2D eigenvalue weighted by molar-refractivity contribution is 7.89. The summed E-state index contributed by atoms with van der Waals surface area (Å²) in [6.45, 7) is 0.533. The summed E-state index contributed by atoms with van der Waals surface area (Å²) < 4.78 is 27.9. The van der Waals surface area contributed by atoms with E-state index in [2.05, 4.69) is 4.72 Å². The first kappa shape index (κ1) is 14.5. The van der Waals surface area contributed by atoms with Gasteiger partial charge in [0, 0.05) is 6.04 Å². The molecule has 2 unspecified atom stereocenters. The van der Waals surface area contributed by atoms with Crippen LogP contribution in [-0.2, 0) is 10.0 Å². The van der Waals surface area contributed by atoms with Crippen molar-refractivity contribution in [3.63, 3.8) is 0 Å². The van der Waals surface area contributed by atoms with E-state index in [1.165, 1.54) is 0 Å². The van der Waals surface area contributed by atoms with Crippen molar-refractivity contribution in [3.8, 4) is 0 Å². The summed E-state index contributed by atoms with van der Waals surface area (Å²) in [4.78, 5) is 0.323. The lowest BCUT2D eigenvalue weighted by molar-refractivity contribution is 0.453. The Bertz CT molecular complexity index is 743. The molecule has 0 saturated heterocycles. The van der Waals surface area contributed by atoms with Gasteiger partial charge in [-0.15, -0.1) is 0 Å². The van der Waals surface area contributed by atoms with Crippen LogP contribution in [0.4, 0.5) is 0 Å². The molecule has 3 N–H and O–H groups in total. The van der Waals surface area contributed by atoms with Crippen molar-refractivity contribution < 1.29 is 8.42 Å². The Balaban J connectivity index is 1.89. The van der Waals surface area contributed by atoms with Gasteiger partial charge in [-0.1, -0.05) is 36.8 Å². The molecule has 21 heavy (non-hydrogen) atoms.